The Labute approximate surface area is 165 Å². The van der Waals surface area contributed by atoms with E-state index in [1.807, 2.05) is 36.5 Å². The number of aromatic nitrogens is 2. The number of H-pyrrole nitrogens is 1. The summed E-state index contributed by atoms with van der Waals surface area (Å²) in [5.41, 5.74) is 3.38. The second-order valence-corrected chi connectivity index (χ2v) is 6.74. The minimum Gasteiger partial charge on any atom is -0.488 e. The molecule has 28 heavy (non-hydrogen) atoms. The van der Waals surface area contributed by atoms with Crippen molar-refractivity contribution in [1.82, 2.24) is 20.6 Å². The molecule has 2 heterocycles. The summed E-state index contributed by atoms with van der Waals surface area (Å²) in [7, 11) is 0. The van der Waals surface area contributed by atoms with Crippen molar-refractivity contribution >= 4 is 5.96 Å². The van der Waals surface area contributed by atoms with E-state index in [-0.39, 0.29) is 6.10 Å². The van der Waals surface area contributed by atoms with Crippen LogP contribution in [0.15, 0.2) is 65.8 Å². The zero-order valence-corrected chi connectivity index (χ0v) is 16.0. The van der Waals surface area contributed by atoms with E-state index >= 15 is 0 Å². The molecule has 1 atom stereocenters. The van der Waals surface area contributed by atoms with Crippen molar-refractivity contribution < 1.29 is 4.74 Å². The van der Waals surface area contributed by atoms with Gasteiger partial charge < -0.3 is 20.4 Å². The van der Waals surface area contributed by atoms with Crippen molar-refractivity contribution in [3.63, 3.8) is 0 Å². The second-order valence-electron chi connectivity index (χ2n) is 6.74. The first-order valence-corrected chi connectivity index (χ1v) is 9.68. The van der Waals surface area contributed by atoms with E-state index in [0.717, 1.165) is 41.8 Å². The average molecular weight is 375 g/mol. The van der Waals surface area contributed by atoms with E-state index in [4.69, 9.17) is 4.74 Å². The van der Waals surface area contributed by atoms with Gasteiger partial charge in [-0.05, 0) is 24.1 Å². The van der Waals surface area contributed by atoms with E-state index in [1.54, 1.807) is 0 Å². The Balaban J connectivity index is 1.34. The van der Waals surface area contributed by atoms with Gasteiger partial charge in [0.15, 0.2) is 5.96 Å². The maximum absolute atomic E-state index is 5.99. The van der Waals surface area contributed by atoms with Crippen LogP contribution in [0, 0.1) is 0 Å². The number of ether oxygens (including phenoxy) is 1. The number of fused-ring (bicyclic) bond motifs is 1. The number of hydrogen-bond acceptors (Lipinski definition) is 3. The lowest BCUT2D eigenvalue weighted by Gasteiger charge is -2.15. The largest absolute Gasteiger partial charge is 0.488 e. The molecule has 1 aromatic heterocycles. The lowest BCUT2D eigenvalue weighted by molar-refractivity contribution is 0.235. The fraction of sp³-hybridized carbons (Fsp3) is 0.273. The van der Waals surface area contributed by atoms with Crippen LogP contribution in [0.25, 0.3) is 11.3 Å². The molecule has 0 bridgehead atoms. The normalized spacial score (nSPS) is 15.8. The third-order valence-corrected chi connectivity index (χ3v) is 4.66. The Bertz CT molecular complexity index is 910. The molecule has 4 rings (SSSR count). The Morgan fingerprint density at radius 2 is 1.96 bits per heavy atom. The first kappa shape index (κ1) is 18.1. The molecule has 1 unspecified atom stereocenters. The van der Waals surface area contributed by atoms with E-state index in [0.29, 0.717) is 13.1 Å². The van der Waals surface area contributed by atoms with Crippen LogP contribution in [0.4, 0.5) is 0 Å². The number of para-hydroxylation sites is 1. The summed E-state index contributed by atoms with van der Waals surface area (Å²) in [5, 5.41) is 6.66. The molecule has 0 radical (unpaired) electrons. The van der Waals surface area contributed by atoms with Crippen molar-refractivity contribution in [3.05, 3.63) is 72.2 Å². The molecule has 1 aliphatic heterocycles. The minimum absolute atomic E-state index is 0.120. The van der Waals surface area contributed by atoms with Gasteiger partial charge in [-0.3, -0.25) is 0 Å². The second kappa shape index (κ2) is 8.61. The maximum Gasteiger partial charge on any atom is 0.191 e. The van der Waals surface area contributed by atoms with Gasteiger partial charge in [-0.1, -0.05) is 48.5 Å². The molecule has 0 fully saturated rings. The number of aliphatic imine (C=N–C) groups is 1. The molecule has 0 aliphatic carbocycles. The third kappa shape index (κ3) is 4.34. The SMILES string of the molecule is CCNC(=NCc1ncc(-c2ccccc2)[nH]1)NCC1Cc2ccccc2O1. The van der Waals surface area contributed by atoms with Crippen molar-refractivity contribution in [1.29, 1.82) is 0 Å². The van der Waals surface area contributed by atoms with Crippen LogP contribution in [-0.2, 0) is 13.0 Å². The van der Waals surface area contributed by atoms with Gasteiger partial charge in [0.25, 0.3) is 0 Å². The van der Waals surface area contributed by atoms with Crippen LogP contribution in [0.1, 0.15) is 18.3 Å². The zero-order chi connectivity index (χ0) is 19.2. The number of nitrogens with one attached hydrogen (secondary N) is 3. The van der Waals surface area contributed by atoms with E-state index < -0.39 is 0 Å². The molecule has 6 heteroatoms. The van der Waals surface area contributed by atoms with E-state index in [1.165, 1.54) is 5.56 Å². The monoisotopic (exact) mass is 375 g/mol. The van der Waals surface area contributed by atoms with Crippen molar-refractivity contribution in [2.45, 2.75) is 26.0 Å². The highest BCUT2D eigenvalue weighted by molar-refractivity contribution is 5.79. The maximum atomic E-state index is 5.99. The molecule has 144 valence electrons. The molecular formula is C22H25N5O. The fourth-order valence-electron chi connectivity index (χ4n) is 3.28. The summed E-state index contributed by atoms with van der Waals surface area (Å²) in [5.74, 6) is 2.58. The molecule has 1 aliphatic rings. The van der Waals surface area contributed by atoms with Gasteiger partial charge in [0.05, 0.1) is 18.4 Å². The van der Waals surface area contributed by atoms with Crippen LogP contribution in [-0.4, -0.2) is 35.1 Å². The Hall–Kier alpha value is -3.28. The van der Waals surface area contributed by atoms with Crippen molar-refractivity contribution in [2.75, 3.05) is 13.1 Å². The highest BCUT2D eigenvalue weighted by atomic mass is 16.5. The summed E-state index contributed by atoms with van der Waals surface area (Å²) in [6, 6.07) is 18.4. The Morgan fingerprint density at radius 3 is 2.79 bits per heavy atom. The highest BCUT2D eigenvalue weighted by Crippen LogP contribution is 2.27. The Morgan fingerprint density at radius 1 is 1.14 bits per heavy atom. The first-order valence-electron chi connectivity index (χ1n) is 9.68. The van der Waals surface area contributed by atoms with Gasteiger partial charge in [0.1, 0.15) is 24.2 Å². The predicted octanol–water partition coefficient (Wildman–Crippen LogP) is 3.14. The molecule has 0 saturated carbocycles. The summed E-state index contributed by atoms with van der Waals surface area (Å²) in [6.07, 6.45) is 2.89. The molecule has 3 N–H and O–H groups in total. The van der Waals surface area contributed by atoms with Crippen LogP contribution in [0.3, 0.4) is 0 Å². The van der Waals surface area contributed by atoms with Crippen LogP contribution in [0.2, 0.25) is 0 Å². The number of nitrogens with zero attached hydrogens (tertiary/aromatic N) is 2. The molecule has 0 spiro atoms. The standard InChI is InChI=1S/C22H25N5O/c1-2-23-22(25-13-18-12-17-10-6-7-11-20(17)28-18)26-15-21-24-14-19(27-21)16-8-4-3-5-9-16/h3-11,14,18H,2,12-13,15H2,1H3,(H,24,27)(H2,23,25,26). The topological polar surface area (TPSA) is 74.3 Å². The van der Waals surface area contributed by atoms with Crippen LogP contribution in [0.5, 0.6) is 5.75 Å². The summed E-state index contributed by atoms with van der Waals surface area (Å²) in [4.78, 5) is 12.4. The average Bonchev–Trinajstić information content (AvgIpc) is 3.37. The summed E-state index contributed by atoms with van der Waals surface area (Å²) in [6.45, 7) is 4.03. The molecule has 3 aromatic rings. The zero-order valence-electron chi connectivity index (χ0n) is 16.0. The van der Waals surface area contributed by atoms with E-state index in [9.17, 15) is 0 Å². The molecule has 6 nitrogen and oxygen atoms in total. The van der Waals surface area contributed by atoms with Gasteiger partial charge >= 0.3 is 0 Å². The Kier molecular flexibility index (Phi) is 5.56. The van der Waals surface area contributed by atoms with Gasteiger partial charge in [0.2, 0.25) is 0 Å². The van der Waals surface area contributed by atoms with Gasteiger partial charge in [-0.25, -0.2) is 9.98 Å². The number of rotatable bonds is 6. The summed E-state index contributed by atoms with van der Waals surface area (Å²) >= 11 is 0. The number of benzene rings is 2. The number of guanidine groups is 1. The van der Waals surface area contributed by atoms with Crippen LogP contribution < -0.4 is 15.4 Å². The number of aromatic amines is 1. The fourth-order valence-corrected chi connectivity index (χ4v) is 3.28. The molecule has 0 amide bonds. The molecule has 2 aromatic carbocycles. The predicted molar refractivity (Wildman–Crippen MR) is 111 cm³/mol. The minimum atomic E-state index is 0.120. The lowest BCUT2D eigenvalue weighted by Crippen LogP contribution is -2.42. The van der Waals surface area contributed by atoms with E-state index in [2.05, 4.69) is 56.8 Å². The van der Waals surface area contributed by atoms with Crippen molar-refractivity contribution in [3.8, 4) is 17.0 Å². The van der Waals surface area contributed by atoms with Gasteiger partial charge in [-0.2, -0.15) is 0 Å². The number of hydrogen-bond donors (Lipinski definition) is 3. The van der Waals surface area contributed by atoms with Crippen LogP contribution >= 0.6 is 0 Å². The molecule has 0 saturated heterocycles. The van der Waals surface area contributed by atoms with Gasteiger partial charge in [0, 0.05) is 13.0 Å². The smallest absolute Gasteiger partial charge is 0.191 e. The highest BCUT2D eigenvalue weighted by Gasteiger charge is 2.22. The molecular weight excluding hydrogens is 350 g/mol. The van der Waals surface area contributed by atoms with Gasteiger partial charge in [-0.15, -0.1) is 0 Å². The third-order valence-electron chi connectivity index (χ3n) is 4.66. The lowest BCUT2D eigenvalue weighted by atomic mass is 10.1. The summed E-state index contributed by atoms with van der Waals surface area (Å²) < 4.78 is 5.99. The quantitative estimate of drug-likeness (QED) is 0.457. The number of imidazole rings is 1. The first-order chi connectivity index (χ1) is 13.8. The van der Waals surface area contributed by atoms with Crippen molar-refractivity contribution in [2.24, 2.45) is 4.99 Å².